The zero-order valence-corrected chi connectivity index (χ0v) is 27.9. The van der Waals surface area contributed by atoms with Crippen LogP contribution in [0.1, 0.15) is 127 Å². The first-order valence-corrected chi connectivity index (χ1v) is 16.4. The number of ether oxygens (including phenoxy) is 1. The average molecular weight is 585 g/mol. The van der Waals surface area contributed by atoms with Gasteiger partial charge in [0, 0.05) is 12.2 Å². The molecule has 1 aliphatic rings. The summed E-state index contributed by atoms with van der Waals surface area (Å²) >= 11 is 0. The summed E-state index contributed by atoms with van der Waals surface area (Å²) in [4.78, 5) is 0. The van der Waals surface area contributed by atoms with Gasteiger partial charge in [-0.25, -0.2) is 0 Å². The van der Waals surface area contributed by atoms with E-state index in [-0.39, 0.29) is 23.7 Å². The second-order valence-corrected chi connectivity index (χ2v) is 13.7. The Labute approximate surface area is 256 Å². The van der Waals surface area contributed by atoms with Crippen LogP contribution >= 0.6 is 0 Å². The first kappa shape index (κ1) is 35.8. The maximum Gasteiger partial charge on any atom is 0.157 e. The highest BCUT2D eigenvalue weighted by Gasteiger charge is 2.34. The van der Waals surface area contributed by atoms with Gasteiger partial charge in [0.05, 0.1) is 0 Å². The van der Waals surface area contributed by atoms with Crippen molar-refractivity contribution in [2.45, 2.75) is 138 Å². The van der Waals surface area contributed by atoms with E-state index in [9.17, 15) is 5.11 Å². The van der Waals surface area contributed by atoms with Gasteiger partial charge in [0.2, 0.25) is 0 Å². The zero-order chi connectivity index (χ0) is 31.4. The lowest BCUT2D eigenvalue weighted by atomic mass is 9.84. The van der Waals surface area contributed by atoms with Gasteiger partial charge in [-0.3, -0.25) is 0 Å². The molecule has 0 spiro atoms. The molecule has 0 aromatic heterocycles. The van der Waals surface area contributed by atoms with Gasteiger partial charge in [0.25, 0.3) is 0 Å². The average Bonchev–Trinajstić information content (AvgIpc) is 2.93. The SMILES string of the molecule is Cc1c(C)c2c(c(C)c1O)CC[C@@](C)(CCC[C@H](C)CCC[C@H](C)CCCC(C)C)O2.OCCc1ccc(O)c(O)c1. The van der Waals surface area contributed by atoms with Gasteiger partial charge in [-0.15, -0.1) is 0 Å². The van der Waals surface area contributed by atoms with Gasteiger partial charge in [-0.2, -0.15) is 0 Å². The second-order valence-electron chi connectivity index (χ2n) is 13.7. The van der Waals surface area contributed by atoms with E-state index in [1.54, 1.807) is 6.07 Å². The minimum atomic E-state index is -0.143. The predicted molar refractivity (Wildman–Crippen MR) is 175 cm³/mol. The maximum absolute atomic E-state index is 10.4. The normalized spacial score (nSPS) is 17.7. The van der Waals surface area contributed by atoms with E-state index < -0.39 is 0 Å². The molecule has 0 unspecified atom stereocenters. The monoisotopic (exact) mass is 584 g/mol. The summed E-state index contributed by atoms with van der Waals surface area (Å²) in [7, 11) is 0. The molecule has 238 valence electrons. The number of benzene rings is 2. The molecule has 2 aromatic rings. The molecule has 1 heterocycles. The third-order valence-electron chi connectivity index (χ3n) is 9.31. The number of hydrogen-bond acceptors (Lipinski definition) is 5. The lowest BCUT2D eigenvalue weighted by Gasteiger charge is -2.38. The van der Waals surface area contributed by atoms with Crippen molar-refractivity contribution in [1.82, 2.24) is 0 Å². The van der Waals surface area contributed by atoms with Crippen LogP contribution in [0, 0.1) is 38.5 Å². The van der Waals surface area contributed by atoms with Crippen molar-refractivity contribution in [3.63, 3.8) is 0 Å². The van der Waals surface area contributed by atoms with Gasteiger partial charge in [-0.1, -0.05) is 78.7 Å². The van der Waals surface area contributed by atoms with Crippen LogP contribution in [0.3, 0.4) is 0 Å². The highest BCUT2D eigenvalue weighted by Crippen LogP contribution is 2.44. The van der Waals surface area contributed by atoms with Gasteiger partial charge < -0.3 is 25.2 Å². The molecule has 5 nitrogen and oxygen atoms in total. The fraction of sp³-hybridized carbons (Fsp3) is 0.676. The van der Waals surface area contributed by atoms with E-state index in [1.165, 1.54) is 69.1 Å². The van der Waals surface area contributed by atoms with Gasteiger partial charge in [0.15, 0.2) is 11.5 Å². The maximum atomic E-state index is 10.4. The minimum absolute atomic E-state index is 0.0458. The second kappa shape index (κ2) is 17.0. The van der Waals surface area contributed by atoms with Crippen LogP contribution in [0.15, 0.2) is 18.2 Å². The summed E-state index contributed by atoms with van der Waals surface area (Å²) in [6.07, 6.45) is 14.5. The largest absolute Gasteiger partial charge is 0.507 e. The molecular weight excluding hydrogens is 524 g/mol. The van der Waals surface area contributed by atoms with Crippen molar-refractivity contribution < 1.29 is 25.2 Å². The summed E-state index contributed by atoms with van der Waals surface area (Å²) in [6.45, 7) is 18.0. The summed E-state index contributed by atoms with van der Waals surface area (Å²) in [5.74, 6) is 3.76. The fourth-order valence-electron chi connectivity index (χ4n) is 6.13. The Morgan fingerprint density at radius 1 is 0.786 bits per heavy atom. The number of phenols is 3. The van der Waals surface area contributed by atoms with Crippen LogP contribution in [0.2, 0.25) is 0 Å². The molecule has 5 heteroatoms. The Kier molecular flexibility index (Phi) is 14.5. The van der Waals surface area contributed by atoms with E-state index in [0.29, 0.717) is 12.2 Å². The van der Waals surface area contributed by atoms with Crippen LogP contribution in [-0.2, 0) is 12.8 Å². The molecule has 0 amide bonds. The van der Waals surface area contributed by atoms with Crippen molar-refractivity contribution in [1.29, 1.82) is 0 Å². The smallest absolute Gasteiger partial charge is 0.157 e. The molecule has 2 aromatic carbocycles. The molecule has 42 heavy (non-hydrogen) atoms. The fourth-order valence-corrected chi connectivity index (χ4v) is 6.13. The van der Waals surface area contributed by atoms with Gasteiger partial charge >= 0.3 is 0 Å². The summed E-state index contributed by atoms with van der Waals surface area (Å²) in [6, 6.07) is 4.50. The van der Waals surface area contributed by atoms with Crippen molar-refractivity contribution in [2.24, 2.45) is 17.8 Å². The molecule has 0 aliphatic carbocycles. The third-order valence-corrected chi connectivity index (χ3v) is 9.31. The predicted octanol–water partition coefficient (Wildman–Crippen LogP) is 9.47. The van der Waals surface area contributed by atoms with Crippen molar-refractivity contribution in [3.8, 4) is 23.0 Å². The van der Waals surface area contributed by atoms with Crippen molar-refractivity contribution in [3.05, 3.63) is 46.0 Å². The van der Waals surface area contributed by atoms with E-state index in [2.05, 4.69) is 41.5 Å². The number of aliphatic hydroxyl groups is 1. The van der Waals surface area contributed by atoms with Crippen LogP contribution in [0.4, 0.5) is 0 Å². The molecule has 1 aliphatic heterocycles. The Morgan fingerprint density at radius 2 is 1.38 bits per heavy atom. The molecule has 3 atom stereocenters. The van der Waals surface area contributed by atoms with Crippen LogP contribution < -0.4 is 4.74 Å². The topological polar surface area (TPSA) is 90.2 Å². The number of rotatable bonds is 14. The first-order valence-electron chi connectivity index (χ1n) is 16.4. The molecule has 4 N–H and O–H groups in total. The third kappa shape index (κ3) is 11.0. The first-order chi connectivity index (χ1) is 19.8. The molecule has 0 radical (unpaired) electrons. The van der Waals surface area contributed by atoms with Crippen LogP contribution in [0.5, 0.6) is 23.0 Å². The van der Waals surface area contributed by atoms with E-state index in [0.717, 1.165) is 65.0 Å². The van der Waals surface area contributed by atoms with E-state index >= 15 is 0 Å². The van der Waals surface area contributed by atoms with Crippen molar-refractivity contribution >= 4 is 0 Å². The lowest BCUT2D eigenvalue weighted by Crippen LogP contribution is -2.37. The van der Waals surface area contributed by atoms with E-state index in [4.69, 9.17) is 20.1 Å². The number of aliphatic hydroxyl groups excluding tert-OH is 1. The molecule has 0 saturated heterocycles. The lowest BCUT2D eigenvalue weighted by molar-refractivity contribution is 0.0511. The number of fused-ring (bicyclic) bond motifs is 1. The summed E-state index contributed by atoms with van der Waals surface area (Å²) in [5, 5.41) is 36.8. The Morgan fingerprint density at radius 3 is 1.95 bits per heavy atom. The number of hydrogen-bond donors (Lipinski definition) is 4. The quantitative estimate of drug-likeness (QED) is 0.166. The van der Waals surface area contributed by atoms with Crippen molar-refractivity contribution in [2.75, 3.05) is 6.61 Å². The Hall–Kier alpha value is -2.40. The summed E-state index contributed by atoms with van der Waals surface area (Å²) in [5.41, 5.74) is 5.04. The molecule has 0 fully saturated rings. The summed E-state index contributed by atoms with van der Waals surface area (Å²) < 4.78 is 6.60. The van der Waals surface area contributed by atoms with Crippen LogP contribution in [-0.4, -0.2) is 32.6 Å². The molecule has 0 saturated carbocycles. The van der Waals surface area contributed by atoms with Crippen LogP contribution in [0.25, 0.3) is 0 Å². The number of aromatic hydroxyl groups is 3. The minimum Gasteiger partial charge on any atom is -0.507 e. The zero-order valence-electron chi connectivity index (χ0n) is 27.9. The molecule has 0 bridgehead atoms. The molecular formula is C37H60O5. The highest BCUT2D eigenvalue weighted by molar-refractivity contribution is 5.58. The van der Waals surface area contributed by atoms with E-state index in [1.807, 2.05) is 13.8 Å². The molecule has 3 rings (SSSR count). The van der Waals surface area contributed by atoms with Gasteiger partial charge in [0.1, 0.15) is 17.1 Å². The number of phenolic OH excluding ortho intramolecular Hbond substituents is 3. The highest BCUT2D eigenvalue weighted by atomic mass is 16.5. The Balaban J connectivity index is 0.000000468. The standard InChI is InChI=1S/C29H50O2.C8H10O3/c1-20(2)12-9-13-21(3)14-10-15-22(4)16-11-18-29(8)19-17-26-25(7)27(30)23(5)24(6)28(26)31-29;9-4-3-6-1-2-7(10)8(11)5-6/h20-22,30H,9-19H2,1-8H3;1-2,5,9-11H,3-4H2/t21-,22-,29-;/m1./s1. The Bertz CT molecular complexity index is 1110. The van der Waals surface area contributed by atoms with Gasteiger partial charge in [-0.05, 0) is 112 Å².